The number of carbonyl (C=O) groups excluding carboxylic acids is 3. The summed E-state index contributed by atoms with van der Waals surface area (Å²) in [7, 11) is 5.51. The minimum Gasteiger partial charge on any atom is -0.364 e. The van der Waals surface area contributed by atoms with Gasteiger partial charge in [-0.2, -0.15) is 20.4 Å². The number of anilines is 1. The highest BCUT2D eigenvalue weighted by Crippen LogP contribution is 2.31. The third-order valence-corrected chi connectivity index (χ3v) is 8.71. The molecular weight excluding hydrogens is 560 g/mol. The van der Waals surface area contributed by atoms with Gasteiger partial charge < -0.3 is 16.0 Å². The lowest BCUT2D eigenvalue weighted by atomic mass is 9.88. The summed E-state index contributed by atoms with van der Waals surface area (Å²) < 4.78 is 17.8. The number of hydrogen-bond acceptors (Lipinski definition) is 7. The third-order valence-electron chi connectivity index (χ3n) is 8.04. The molecular formula is C28H29FN9O3P. The summed E-state index contributed by atoms with van der Waals surface area (Å²) in [6, 6.07) is 6.03. The first-order valence-electron chi connectivity index (χ1n) is 13.5. The van der Waals surface area contributed by atoms with E-state index in [0.29, 0.717) is 29.6 Å². The Morgan fingerprint density at radius 1 is 1.17 bits per heavy atom. The predicted octanol–water partition coefficient (Wildman–Crippen LogP) is 1.95. The van der Waals surface area contributed by atoms with Crippen LogP contribution >= 0.6 is 8.86 Å². The molecule has 216 valence electrons. The third kappa shape index (κ3) is 4.94. The Labute approximate surface area is 242 Å². The number of alkyl halides is 1. The lowest BCUT2D eigenvalue weighted by Gasteiger charge is -2.24. The van der Waals surface area contributed by atoms with Crippen LogP contribution in [0, 0.1) is 5.92 Å². The van der Waals surface area contributed by atoms with Gasteiger partial charge in [-0.05, 0) is 41.4 Å². The smallest absolute Gasteiger partial charge is 0.269 e. The van der Waals surface area contributed by atoms with Crippen molar-refractivity contribution in [3.05, 3.63) is 53.6 Å². The van der Waals surface area contributed by atoms with Crippen LogP contribution in [0.3, 0.4) is 0 Å². The van der Waals surface area contributed by atoms with Gasteiger partial charge in [0.1, 0.15) is 18.8 Å². The van der Waals surface area contributed by atoms with Crippen molar-refractivity contribution in [2.45, 2.75) is 44.9 Å². The number of likely N-dealkylation sites (tertiary alicyclic amines) is 1. The highest BCUT2D eigenvalue weighted by molar-refractivity contribution is 7.21. The summed E-state index contributed by atoms with van der Waals surface area (Å²) in [6.45, 7) is 1.56. The number of halogens is 1. The number of aromatic nitrogens is 6. The number of fused-ring (bicyclic) bond motifs is 2. The van der Waals surface area contributed by atoms with Gasteiger partial charge in [0.15, 0.2) is 11.5 Å². The highest BCUT2D eigenvalue weighted by atomic mass is 31.0. The van der Waals surface area contributed by atoms with Crippen LogP contribution in [0.25, 0.3) is 22.0 Å². The number of hydrogen-bond donors (Lipinski definition) is 2. The average Bonchev–Trinajstić information content (AvgIpc) is 3.63. The molecule has 0 saturated carbocycles. The predicted molar refractivity (Wildman–Crippen MR) is 156 cm³/mol. The van der Waals surface area contributed by atoms with Gasteiger partial charge in [-0.3, -0.25) is 23.7 Å². The molecule has 1 saturated heterocycles. The van der Waals surface area contributed by atoms with Gasteiger partial charge in [0, 0.05) is 42.1 Å². The zero-order valence-corrected chi connectivity index (χ0v) is 24.0. The Kier molecular flexibility index (Phi) is 7.05. The lowest BCUT2D eigenvalue weighted by Crippen LogP contribution is -2.44. The maximum absolute atomic E-state index is 14.7. The number of nitrogens with zero attached hydrogens (tertiary/aromatic N) is 7. The van der Waals surface area contributed by atoms with Crippen molar-refractivity contribution in [1.82, 2.24) is 34.7 Å². The van der Waals surface area contributed by atoms with E-state index in [-0.39, 0.29) is 31.1 Å². The van der Waals surface area contributed by atoms with Crippen LogP contribution in [0.15, 0.2) is 36.7 Å². The summed E-state index contributed by atoms with van der Waals surface area (Å²) in [5.74, 6) is -1.06. The van der Waals surface area contributed by atoms with Crippen LogP contribution < -0.4 is 11.1 Å². The molecule has 0 bridgehead atoms. The Balaban J connectivity index is 1.25. The number of carbonyl (C=O) groups is 3. The summed E-state index contributed by atoms with van der Waals surface area (Å²) in [5, 5.41) is 21.0. The van der Waals surface area contributed by atoms with E-state index in [1.807, 2.05) is 7.05 Å². The highest BCUT2D eigenvalue weighted by Gasteiger charge is 2.41. The molecule has 42 heavy (non-hydrogen) atoms. The zero-order chi connectivity index (χ0) is 29.7. The van der Waals surface area contributed by atoms with E-state index >= 15 is 0 Å². The Hall–Kier alpha value is -4.51. The van der Waals surface area contributed by atoms with E-state index in [4.69, 9.17) is 5.73 Å². The number of benzene rings is 1. The minimum atomic E-state index is -1.36. The van der Waals surface area contributed by atoms with Crippen LogP contribution in [0.4, 0.5) is 10.2 Å². The van der Waals surface area contributed by atoms with E-state index in [1.165, 1.54) is 9.58 Å². The second kappa shape index (κ2) is 10.7. The second-order valence-electron chi connectivity index (χ2n) is 10.8. The van der Waals surface area contributed by atoms with Crippen LogP contribution in [0.5, 0.6) is 0 Å². The fraction of sp³-hybridized carbons (Fsp3) is 0.357. The van der Waals surface area contributed by atoms with Crippen LogP contribution in [-0.4, -0.2) is 76.4 Å². The topological polar surface area (TPSA) is 154 Å². The Morgan fingerprint density at radius 3 is 2.71 bits per heavy atom. The molecule has 1 fully saturated rings. The fourth-order valence-corrected chi connectivity index (χ4v) is 6.04. The molecule has 1 aromatic carbocycles. The van der Waals surface area contributed by atoms with Gasteiger partial charge in [0.25, 0.3) is 5.91 Å². The average molecular weight is 590 g/mol. The number of primary amides is 1. The maximum Gasteiger partial charge on any atom is 0.269 e. The molecule has 3 N–H and O–H groups in total. The zero-order valence-electron chi connectivity index (χ0n) is 23.0. The summed E-state index contributed by atoms with van der Waals surface area (Å²) in [5.41, 5.74) is 9.58. The summed E-state index contributed by atoms with van der Waals surface area (Å²) >= 11 is 0. The van der Waals surface area contributed by atoms with Crippen molar-refractivity contribution in [1.29, 1.82) is 0 Å². The SMILES string of the molecule is CC1Cc2c(NC(=O)C3CC(F)CN3C(=O)Cn3nc(C(N)=O)c4cc(-c5ccnnc5)ccc43)nn(C)c2CC1=P. The minimum absolute atomic E-state index is 0.00125. The van der Waals surface area contributed by atoms with Gasteiger partial charge in [-0.25, -0.2) is 4.39 Å². The molecule has 0 radical (unpaired) electrons. The fourth-order valence-electron chi connectivity index (χ4n) is 5.77. The van der Waals surface area contributed by atoms with Gasteiger partial charge in [0.2, 0.25) is 11.8 Å². The van der Waals surface area contributed by atoms with Gasteiger partial charge in [-0.15, -0.1) is 8.86 Å². The van der Waals surface area contributed by atoms with Crippen molar-refractivity contribution in [3.8, 4) is 11.1 Å². The van der Waals surface area contributed by atoms with Crippen LogP contribution in [0.2, 0.25) is 0 Å². The molecule has 3 atom stereocenters. The molecule has 1 aliphatic carbocycles. The second-order valence-corrected chi connectivity index (χ2v) is 11.5. The molecule has 12 nitrogen and oxygen atoms in total. The molecule has 3 aromatic heterocycles. The number of nitrogens with one attached hydrogen (secondary N) is 1. The van der Waals surface area contributed by atoms with Crippen molar-refractivity contribution >= 4 is 48.6 Å². The van der Waals surface area contributed by atoms with Gasteiger partial charge >= 0.3 is 0 Å². The first kappa shape index (κ1) is 27.6. The largest absolute Gasteiger partial charge is 0.364 e. The normalized spacial score (nSPS) is 20.1. The standard InChI is InChI=1S/C28H29FN9O3P/c1-14-7-19-21(10-23(14)42)36(2)35-27(19)33-28(41)22-9-17(29)12-37(22)24(39)13-38-20-4-3-15(16-5-6-31-32-11-16)8-18(20)25(34-38)26(30)40/h3-6,8,11,14,17,22,42H,7,9-10,12-13H2,1-2H3,(H2,30,40)(H,33,35,41). The summed E-state index contributed by atoms with van der Waals surface area (Å²) in [4.78, 5) is 40.4. The molecule has 2 aliphatic rings. The van der Waals surface area contributed by atoms with Crippen molar-refractivity contribution in [2.75, 3.05) is 11.9 Å². The Morgan fingerprint density at radius 2 is 1.98 bits per heavy atom. The van der Waals surface area contributed by atoms with Crippen molar-refractivity contribution < 1.29 is 18.8 Å². The van der Waals surface area contributed by atoms with Gasteiger partial charge in [-0.1, -0.05) is 13.0 Å². The number of aryl methyl sites for hydroxylation is 1. The van der Waals surface area contributed by atoms with Crippen LogP contribution in [-0.2, 0) is 36.0 Å². The maximum atomic E-state index is 14.7. The molecule has 0 spiro atoms. The van der Waals surface area contributed by atoms with E-state index in [9.17, 15) is 18.8 Å². The molecule has 14 heteroatoms. The number of rotatable bonds is 6. The Bertz CT molecular complexity index is 1750. The molecule has 1 aliphatic heterocycles. The van der Waals surface area contributed by atoms with E-state index in [1.54, 1.807) is 41.3 Å². The van der Waals surface area contributed by atoms with E-state index in [2.05, 4.69) is 41.5 Å². The number of nitrogens with two attached hydrogens (primary N) is 1. The number of amides is 3. The summed E-state index contributed by atoms with van der Waals surface area (Å²) in [6.07, 6.45) is 3.04. The first-order valence-corrected chi connectivity index (χ1v) is 14.0. The molecule has 4 heterocycles. The van der Waals surface area contributed by atoms with Crippen molar-refractivity contribution in [2.24, 2.45) is 18.7 Å². The quantitative estimate of drug-likeness (QED) is 0.326. The molecule has 3 unspecified atom stereocenters. The van der Waals surface area contributed by atoms with E-state index < -0.39 is 29.9 Å². The monoisotopic (exact) mass is 589 g/mol. The van der Waals surface area contributed by atoms with Gasteiger partial charge in [0.05, 0.1) is 24.5 Å². The van der Waals surface area contributed by atoms with Crippen LogP contribution in [0.1, 0.15) is 35.1 Å². The van der Waals surface area contributed by atoms with Crippen molar-refractivity contribution in [3.63, 3.8) is 0 Å². The first-order chi connectivity index (χ1) is 20.1. The molecule has 6 rings (SSSR count). The van der Waals surface area contributed by atoms with E-state index in [0.717, 1.165) is 27.7 Å². The molecule has 4 aromatic rings. The lowest BCUT2D eigenvalue weighted by molar-refractivity contribution is -0.137. The molecule has 3 amide bonds.